The van der Waals surface area contributed by atoms with Crippen molar-refractivity contribution < 1.29 is 0 Å². The smallest absolute Gasteiger partial charge is 0.158 e. The van der Waals surface area contributed by atoms with Gasteiger partial charge in [-0.25, -0.2) is 15.0 Å². The topological polar surface area (TPSA) is 60.9 Å². The minimum absolute atomic E-state index is 0.657. The highest BCUT2D eigenvalue weighted by molar-refractivity contribution is 5.52. The third kappa shape index (κ3) is 2.56. The zero-order chi connectivity index (χ0) is 16.4. The number of fused-ring (bicyclic) bond motifs is 1. The summed E-state index contributed by atoms with van der Waals surface area (Å²) >= 11 is 0. The number of nitrogens with zero attached hydrogens (tertiary/aromatic N) is 6. The highest BCUT2D eigenvalue weighted by Crippen LogP contribution is 2.19. The minimum Gasteiger partial charge on any atom is -0.324 e. The zero-order valence-electron chi connectivity index (χ0n) is 13.5. The normalized spacial score (nSPS) is 11.2. The molecule has 0 bridgehead atoms. The number of pyridine rings is 1. The summed E-state index contributed by atoms with van der Waals surface area (Å²) in [7, 11) is 0. The molecule has 0 saturated heterocycles. The lowest BCUT2D eigenvalue weighted by atomic mass is 10.1. The molecule has 6 nitrogen and oxygen atoms in total. The van der Waals surface area contributed by atoms with Crippen LogP contribution in [0.2, 0.25) is 0 Å². The average Bonchev–Trinajstić information content (AvgIpc) is 3.27. The maximum Gasteiger partial charge on any atom is 0.158 e. The Balaban J connectivity index is 1.75. The first-order valence-electron chi connectivity index (χ1n) is 8.08. The summed E-state index contributed by atoms with van der Waals surface area (Å²) in [6.07, 6.45) is 13.1. The zero-order valence-corrected chi connectivity index (χ0v) is 13.5. The van der Waals surface area contributed by atoms with Crippen molar-refractivity contribution in [1.29, 1.82) is 0 Å². The van der Waals surface area contributed by atoms with E-state index >= 15 is 0 Å². The highest BCUT2D eigenvalue weighted by Gasteiger charge is 2.13. The number of aryl methyl sites for hydroxylation is 1. The van der Waals surface area contributed by atoms with Gasteiger partial charge in [0.2, 0.25) is 0 Å². The van der Waals surface area contributed by atoms with E-state index in [1.165, 1.54) is 5.56 Å². The third-order valence-electron chi connectivity index (χ3n) is 4.05. The van der Waals surface area contributed by atoms with Gasteiger partial charge in [0.25, 0.3) is 0 Å². The molecule has 0 aliphatic carbocycles. The van der Waals surface area contributed by atoms with Crippen molar-refractivity contribution in [3.05, 3.63) is 66.8 Å². The van der Waals surface area contributed by atoms with Gasteiger partial charge in [-0.1, -0.05) is 19.4 Å². The molecule has 0 aliphatic heterocycles. The Labute approximate surface area is 139 Å². The van der Waals surface area contributed by atoms with Crippen molar-refractivity contribution >= 4 is 5.65 Å². The van der Waals surface area contributed by atoms with E-state index in [1.54, 1.807) is 12.4 Å². The fraction of sp³-hybridized carbons (Fsp3) is 0.222. The van der Waals surface area contributed by atoms with E-state index in [1.807, 2.05) is 47.5 Å². The number of hydrogen-bond donors (Lipinski definition) is 0. The predicted molar refractivity (Wildman–Crippen MR) is 91.5 cm³/mol. The van der Waals surface area contributed by atoms with E-state index in [0.29, 0.717) is 6.54 Å². The monoisotopic (exact) mass is 318 g/mol. The molecule has 0 unspecified atom stereocenters. The van der Waals surface area contributed by atoms with Gasteiger partial charge in [-0.2, -0.15) is 0 Å². The molecule has 0 radical (unpaired) electrons. The minimum atomic E-state index is 0.657. The van der Waals surface area contributed by atoms with Gasteiger partial charge in [0.15, 0.2) is 5.82 Å². The van der Waals surface area contributed by atoms with Gasteiger partial charge in [0.1, 0.15) is 17.7 Å². The SMILES string of the molecule is CCCc1c(Cn2ccnc2-c2ccccn2)ncn2ccnc12. The lowest BCUT2D eigenvalue weighted by molar-refractivity contribution is 0.750. The second-order valence-electron chi connectivity index (χ2n) is 5.67. The first kappa shape index (κ1) is 14.6. The van der Waals surface area contributed by atoms with Crippen LogP contribution in [0.3, 0.4) is 0 Å². The molecule has 4 aromatic heterocycles. The number of rotatable bonds is 5. The van der Waals surface area contributed by atoms with E-state index in [-0.39, 0.29) is 0 Å². The first-order chi connectivity index (χ1) is 11.9. The van der Waals surface area contributed by atoms with Crippen LogP contribution in [0.15, 0.2) is 55.5 Å². The van der Waals surface area contributed by atoms with Gasteiger partial charge in [-0.05, 0) is 18.6 Å². The van der Waals surface area contributed by atoms with Crippen molar-refractivity contribution in [2.24, 2.45) is 0 Å². The molecule has 0 N–H and O–H groups in total. The number of imidazole rings is 2. The molecule has 4 heterocycles. The highest BCUT2D eigenvalue weighted by atomic mass is 15.1. The number of aromatic nitrogens is 6. The van der Waals surface area contributed by atoms with Gasteiger partial charge < -0.3 is 4.57 Å². The Morgan fingerprint density at radius 1 is 0.958 bits per heavy atom. The molecular weight excluding hydrogens is 300 g/mol. The van der Waals surface area contributed by atoms with Gasteiger partial charge >= 0.3 is 0 Å². The molecule has 0 atom stereocenters. The molecule has 4 rings (SSSR count). The van der Waals surface area contributed by atoms with Crippen molar-refractivity contribution in [1.82, 2.24) is 28.9 Å². The standard InChI is InChI=1S/C18H18N6/c1-2-5-14-16(22-13-24-11-9-20-17(14)24)12-23-10-8-21-18(23)15-6-3-4-7-19-15/h3-4,6-11,13H,2,5,12H2,1H3. The Kier molecular flexibility index (Phi) is 3.78. The number of hydrogen-bond acceptors (Lipinski definition) is 4. The molecule has 0 amide bonds. The van der Waals surface area contributed by atoms with Gasteiger partial charge in [-0.15, -0.1) is 0 Å². The second kappa shape index (κ2) is 6.23. The van der Waals surface area contributed by atoms with E-state index in [0.717, 1.165) is 35.7 Å². The van der Waals surface area contributed by atoms with Gasteiger partial charge in [-0.3, -0.25) is 9.38 Å². The third-order valence-corrected chi connectivity index (χ3v) is 4.05. The van der Waals surface area contributed by atoms with E-state index in [4.69, 9.17) is 0 Å². The lowest BCUT2D eigenvalue weighted by Gasteiger charge is -2.12. The van der Waals surface area contributed by atoms with E-state index < -0.39 is 0 Å². The average molecular weight is 318 g/mol. The van der Waals surface area contributed by atoms with Crippen LogP contribution in [0, 0.1) is 0 Å². The Hall–Kier alpha value is -3.02. The Bertz CT molecular complexity index is 954. The van der Waals surface area contributed by atoms with Crippen molar-refractivity contribution in [2.75, 3.05) is 0 Å². The van der Waals surface area contributed by atoms with Crippen LogP contribution in [0.5, 0.6) is 0 Å². The maximum atomic E-state index is 4.66. The second-order valence-corrected chi connectivity index (χ2v) is 5.67. The molecule has 0 aliphatic rings. The summed E-state index contributed by atoms with van der Waals surface area (Å²) in [6, 6.07) is 5.85. The maximum absolute atomic E-state index is 4.66. The van der Waals surface area contributed by atoms with Crippen LogP contribution in [0.1, 0.15) is 24.6 Å². The molecule has 0 fully saturated rings. The van der Waals surface area contributed by atoms with Crippen LogP contribution >= 0.6 is 0 Å². The summed E-state index contributed by atoms with van der Waals surface area (Å²) < 4.78 is 4.06. The quantitative estimate of drug-likeness (QED) is 0.567. The van der Waals surface area contributed by atoms with Gasteiger partial charge in [0.05, 0.1) is 12.2 Å². The summed E-state index contributed by atoms with van der Waals surface area (Å²) in [6.45, 7) is 2.83. The van der Waals surface area contributed by atoms with Crippen molar-refractivity contribution in [3.63, 3.8) is 0 Å². The van der Waals surface area contributed by atoms with E-state index in [9.17, 15) is 0 Å². The summed E-state index contributed by atoms with van der Waals surface area (Å²) in [4.78, 5) is 18.0. The largest absolute Gasteiger partial charge is 0.324 e. The predicted octanol–water partition coefficient (Wildman–Crippen LogP) is 2.99. The molecule has 0 aromatic carbocycles. The molecular formula is C18H18N6. The van der Waals surface area contributed by atoms with Crippen molar-refractivity contribution in [2.45, 2.75) is 26.3 Å². The van der Waals surface area contributed by atoms with Gasteiger partial charge in [0, 0.05) is 36.5 Å². The molecule has 0 spiro atoms. The fourth-order valence-electron chi connectivity index (χ4n) is 2.95. The van der Waals surface area contributed by atoms with Crippen LogP contribution in [0.25, 0.3) is 17.2 Å². The summed E-state index contributed by atoms with van der Waals surface area (Å²) in [5, 5.41) is 0. The van der Waals surface area contributed by atoms with Crippen LogP contribution in [0.4, 0.5) is 0 Å². The fourth-order valence-corrected chi connectivity index (χ4v) is 2.95. The lowest BCUT2D eigenvalue weighted by Crippen LogP contribution is -2.09. The Morgan fingerprint density at radius 2 is 1.88 bits per heavy atom. The summed E-state index contributed by atoms with van der Waals surface area (Å²) in [5.74, 6) is 0.850. The van der Waals surface area contributed by atoms with Crippen LogP contribution < -0.4 is 0 Å². The van der Waals surface area contributed by atoms with Crippen LogP contribution in [-0.4, -0.2) is 28.9 Å². The molecule has 4 aromatic rings. The summed E-state index contributed by atoms with van der Waals surface area (Å²) in [5.41, 5.74) is 4.08. The first-order valence-corrected chi connectivity index (χ1v) is 8.08. The van der Waals surface area contributed by atoms with Crippen LogP contribution in [-0.2, 0) is 13.0 Å². The molecule has 120 valence electrons. The molecule has 0 saturated carbocycles. The van der Waals surface area contributed by atoms with Crippen molar-refractivity contribution in [3.8, 4) is 11.5 Å². The Morgan fingerprint density at radius 3 is 2.71 bits per heavy atom. The molecule has 24 heavy (non-hydrogen) atoms. The molecule has 6 heteroatoms. The van der Waals surface area contributed by atoms with E-state index in [2.05, 4.69) is 31.4 Å².